The minimum atomic E-state index is -0.0428. The minimum Gasteiger partial charge on any atom is -0.493 e. The zero-order valence-corrected chi connectivity index (χ0v) is 13.0. The molecule has 22 heavy (non-hydrogen) atoms. The topological polar surface area (TPSA) is 47.4 Å². The molecule has 1 amide bonds. The molecule has 1 saturated heterocycles. The third-order valence-electron chi connectivity index (χ3n) is 4.19. The van der Waals surface area contributed by atoms with Gasteiger partial charge in [-0.2, -0.15) is 5.10 Å². The molecular weight excluding hydrogens is 278 g/mol. The van der Waals surface area contributed by atoms with Crippen molar-refractivity contribution in [1.82, 2.24) is 14.7 Å². The van der Waals surface area contributed by atoms with Crippen LogP contribution in [-0.4, -0.2) is 40.3 Å². The number of hydrogen-bond donors (Lipinski definition) is 0. The van der Waals surface area contributed by atoms with Crippen LogP contribution in [0.25, 0.3) is 5.69 Å². The second-order valence-corrected chi connectivity index (χ2v) is 5.67. The molecule has 0 aliphatic carbocycles. The summed E-state index contributed by atoms with van der Waals surface area (Å²) in [6.45, 7) is 2.89. The SMILES string of the molecule is COc1cn(-c2ccccc2)nc1C(=O)N1CCCCC1C. The van der Waals surface area contributed by atoms with E-state index in [9.17, 15) is 4.79 Å². The molecule has 0 N–H and O–H groups in total. The molecule has 1 aromatic heterocycles. The number of para-hydroxylation sites is 1. The highest BCUT2D eigenvalue weighted by molar-refractivity contribution is 5.95. The first kappa shape index (κ1) is 14.6. The zero-order chi connectivity index (χ0) is 15.5. The molecule has 5 nitrogen and oxygen atoms in total. The Morgan fingerprint density at radius 3 is 2.73 bits per heavy atom. The highest BCUT2D eigenvalue weighted by Crippen LogP contribution is 2.24. The summed E-state index contributed by atoms with van der Waals surface area (Å²) in [5.41, 5.74) is 1.30. The fourth-order valence-electron chi connectivity index (χ4n) is 2.90. The van der Waals surface area contributed by atoms with Gasteiger partial charge in [0.25, 0.3) is 5.91 Å². The Morgan fingerprint density at radius 1 is 1.27 bits per heavy atom. The van der Waals surface area contributed by atoms with Crippen molar-refractivity contribution in [1.29, 1.82) is 0 Å². The number of hydrogen-bond acceptors (Lipinski definition) is 3. The smallest absolute Gasteiger partial charge is 0.278 e. The fraction of sp³-hybridized carbons (Fsp3) is 0.412. The van der Waals surface area contributed by atoms with Gasteiger partial charge in [0, 0.05) is 12.6 Å². The lowest BCUT2D eigenvalue weighted by Crippen LogP contribution is -2.42. The van der Waals surface area contributed by atoms with E-state index in [-0.39, 0.29) is 11.9 Å². The number of likely N-dealkylation sites (tertiary alicyclic amines) is 1. The lowest BCUT2D eigenvalue weighted by atomic mass is 10.0. The number of piperidine rings is 1. The van der Waals surface area contributed by atoms with Crippen LogP contribution in [0.4, 0.5) is 0 Å². The molecule has 1 unspecified atom stereocenters. The van der Waals surface area contributed by atoms with Gasteiger partial charge in [0.15, 0.2) is 11.4 Å². The summed E-state index contributed by atoms with van der Waals surface area (Å²) >= 11 is 0. The number of amides is 1. The Bertz CT molecular complexity index is 651. The van der Waals surface area contributed by atoms with Gasteiger partial charge in [0.05, 0.1) is 19.0 Å². The molecule has 0 saturated carbocycles. The van der Waals surface area contributed by atoms with Crippen LogP contribution in [-0.2, 0) is 0 Å². The van der Waals surface area contributed by atoms with Crippen molar-refractivity contribution >= 4 is 5.91 Å². The number of ether oxygens (including phenoxy) is 1. The van der Waals surface area contributed by atoms with Crippen LogP contribution in [0.2, 0.25) is 0 Å². The van der Waals surface area contributed by atoms with Crippen LogP contribution in [0.3, 0.4) is 0 Å². The highest BCUT2D eigenvalue weighted by Gasteiger charge is 2.28. The first-order chi connectivity index (χ1) is 10.7. The van der Waals surface area contributed by atoms with Crippen molar-refractivity contribution in [2.75, 3.05) is 13.7 Å². The van der Waals surface area contributed by atoms with E-state index in [0.29, 0.717) is 11.4 Å². The Hall–Kier alpha value is -2.30. The van der Waals surface area contributed by atoms with Gasteiger partial charge in [-0.3, -0.25) is 4.79 Å². The van der Waals surface area contributed by atoms with Crippen LogP contribution >= 0.6 is 0 Å². The maximum absolute atomic E-state index is 12.8. The molecule has 1 atom stereocenters. The highest BCUT2D eigenvalue weighted by atomic mass is 16.5. The number of rotatable bonds is 3. The average molecular weight is 299 g/mol. The van der Waals surface area contributed by atoms with Gasteiger partial charge in [0.1, 0.15) is 0 Å². The molecule has 1 aliphatic rings. The summed E-state index contributed by atoms with van der Waals surface area (Å²) in [4.78, 5) is 14.7. The number of benzene rings is 1. The summed E-state index contributed by atoms with van der Waals surface area (Å²) in [5.74, 6) is 0.477. The van der Waals surface area contributed by atoms with E-state index in [1.807, 2.05) is 35.2 Å². The number of carbonyl (C=O) groups excluding carboxylic acids is 1. The molecule has 0 bridgehead atoms. The van der Waals surface area contributed by atoms with Crippen molar-refractivity contribution in [3.63, 3.8) is 0 Å². The summed E-state index contributed by atoms with van der Waals surface area (Å²) < 4.78 is 7.06. The molecule has 2 aromatic rings. The molecule has 1 aliphatic heterocycles. The van der Waals surface area contributed by atoms with E-state index in [1.54, 1.807) is 18.0 Å². The molecular formula is C17H21N3O2. The second-order valence-electron chi connectivity index (χ2n) is 5.67. The van der Waals surface area contributed by atoms with Gasteiger partial charge >= 0.3 is 0 Å². The molecule has 5 heteroatoms. The normalized spacial score (nSPS) is 18.3. The van der Waals surface area contributed by atoms with Gasteiger partial charge in [0.2, 0.25) is 0 Å². The molecule has 3 rings (SSSR count). The minimum absolute atomic E-state index is 0.0428. The van der Waals surface area contributed by atoms with Gasteiger partial charge in [-0.25, -0.2) is 4.68 Å². The molecule has 1 aromatic carbocycles. The predicted molar refractivity (Wildman–Crippen MR) is 84.5 cm³/mol. The first-order valence-corrected chi connectivity index (χ1v) is 7.70. The number of aromatic nitrogens is 2. The van der Waals surface area contributed by atoms with Crippen LogP contribution in [0.5, 0.6) is 5.75 Å². The summed E-state index contributed by atoms with van der Waals surface area (Å²) in [5, 5.41) is 4.46. The van der Waals surface area contributed by atoms with Crippen LogP contribution in [0, 0.1) is 0 Å². The molecule has 116 valence electrons. The number of methoxy groups -OCH3 is 1. The first-order valence-electron chi connectivity index (χ1n) is 7.70. The van der Waals surface area contributed by atoms with Crippen LogP contribution in [0.1, 0.15) is 36.7 Å². The van der Waals surface area contributed by atoms with E-state index >= 15 is 0 Å². The quantitative estimate of drug-likeness (QED) is 0.875. The van der Waals surface area contributed by atoms with Gasteiger partial charge in [-0.1, -0.05) is 18.2 Å². The summed E-state index contributed by atoms with van der Waals surface area (Å²) in [6.07, 6.45) is 5.04. The maximum Gasteiger partial charge on any atom is 0.278 e. The van der Waals surface area contributed by atoms with E-state index in [0.717, 1.165) is 25.1 Å². The van der Waals surface area contributed by atoms with E-state index < -0.39 is 0 Å². The number of nitrogens with zero attached hydrogens (tertiary/aromatic N) is 3. The monoisotopic (exact) mass is 299 g/mol. The Labute approximate surface area is 130 Å². The maximum atomic E-state index is 12.8. The van der Waals surface area contributed by atoms with Crippen molar-refractivity contribution in [3.8, 4) is 11.4 Å². The summed E-state index contributed by atoms with van der Waals surface area (Å²) in [6, 6.07) is 9.99. The third-order valence-corrected chi connectivity index (χ3v) is 4.19. The molecule has 1 fully saturated rings. The predicted octanol–water partition coefficient (Wildman–Crippen LogP) is 2.90. The molecule has 0 radical (unpaired) electrons. The van der Waals surface area contributed by atoms with Crippen LogP contribution in [0.15, 0.2) is 36.5 Å². The van der Waals surface area contributed by atoms with Gasteiger partial charge in [-0.15, -0.1) is 0 Å². The molecule has 2 heterocycles. The Balaban J connectivity index is 1.93. The zero-order valence-electron chi connectivity index (χ0n) is 13.0. The second kappa shape index (κ2) is 6.22. The third kappa shape index (κ3) is 2.71. The van der Waals surface area contributed by atoms with Gasteiger partial charge in [-0.05, 0) is 38.3 Å². The van der Waals surface area contributed by atoms with E-state index in [1.165, 1.54) is 6.42 Å². The van der Waals surface area contributed by atoms with Crippen molar-refractivity contribution in [2.24, 2.45) is 0 Å². The van der Waals surface area contributed by atoms with Gasteiger partial charge < -0.3 is 9.64 Å². The van der Waals surface area contributed by atoms with E-state index in [2.05, 4.69) is 12.0 Å². The van der Waals surface area contributed by atoms with Crippen LogP contribution < -0.4 is 4.74 Å². The average Bonchev–Trinajstić information content (AvgIpc) is 3.00. The molecule has 0 spiro atoms. The lowest BCUT2D eigenvalue weighted by molar-refractivity contribution is 0.0625. The van der Waals surface area contributed by atoms with E-state index in [4.69, 9.17) is 4.74 Å². The Morgan fingerprint density at radius 2 is 2.05 bits per heavy atom. The van der Waals surface area contributed by atoms with Crippen molar-refractivity contribution in [3.05, 3.63) is 42.2 Å². The van der Waals surface area contributed by atoms with Crippen molar-refractivity contribution in [2.45, 2.75) is 32.2 Å². The fourth-order valence-corrected chi connectivity index (χ4v) is 2.90. The lowest BCUT2D eigenvalue weighted by Gasteiger charge is -2.32. The Kier molecular flexibility index (Phi) is 4.13. The summed E-state index contributed by atoms with van der Waals surface area (Å²) in [7, 11) is 1.57. The standard InChI is InChI=1S/C17H21N3O2/c1-13-8-6-7-11-19(13)17(21)16-15(22-2)12-20(18-16)14-9-4-3-5-10-14/h3-5,9-10,12-13H,6-8,11H2,1-2H3. The largest absolute Gasteiger partial charge is 0.493 e. The number of carbonyl (C=O) groups is 1. The van der Waals surface area contributed by atoms with Crippen molar-refractivity contribution < 1.29 is 9.53 Å².